The van der Waals surface area contributed by atoms with Gasteiger partial charge < -0.3 is 21.7 Å². The Hall–Kier alpha value is -1.29. The highest BCUT2D eigenvalue weighted by Crippen LogP contribution is 2.22. The number of aromatic nitrogens is 1. The zero-order chi connectivity index (χ0) is 15.4. The summed E-state index contributed by atoms with van der Waals surface area (Å²) in [5.41, 5.74) is 10.4. The first-order chi connectivity index (χ1) is 9.45. The first-order valence-electron chi connectivity index (χ1n) is 5.51. The zero-order valence-corrected chi connectivity index (χ0v) is 12.2. The van der Waals surface area contributed by atoms with E-state index < -0.39 is 24.0 Å². The molecule has 0 fully saturated rings. The van der Waals surface area contributed by atoms with E-state index in [-0.39, 0.29) is 11.5 Å². The average molecular weight is 319 g/mol. The largest absolute Gasteiger partial charge is 0.480 e. The van der Waals surface area contributed by atoms with Crippen LogP contribution in [0, 0.1) is 0 Å². The van der Waals surface area contributed by atoms with Crippen molar-refractivity contribution >= 4 is 33.5 Å². The molecule has 7 nitrogen and oxygen atoms in total. The highest BCUT2D eigenvalue weighted by Gasteiger charge is 2.14. The van der Waals surface area contributed by atoms with Gasteiger partial charge in [-0.1, -0.05) is 27.7 Å². The second-order valence-electron chi connectivity index (χ2n) is 3.48. The van der Waals surface area contributed by atoms with Gasteiger partial charge in [0.05, 0.1) is 0 Å². The van der Waals surface area contributed by atoms with Gasteiger partial charge in [-0.25, -0.2) is 0 Å². The van der Waals surface area contributed by atoms with Crippen LogP contribution in [0.4, 0.5) is 0 Å². The summed E-state index contributed by atoms with van der Waals surface area (Å²) in [5, 5.41) is 16.8. The second-order valence-corrected chi connectivity index (χ2v) is 6.04. The van der Waals surface area contributed by atoms with Crippen LogP contribution < -0.4 is 11.5 Å². The minimum absolute atomic E-state index is 0.229. The molecule has 1 aromatic rings. The third-order valence-corrected chi connectivity index (χ3v) is 4.25. The van der Waals surface area contributed by atoms with Crippen LogP contribution in [-0.2, 0) is 9.59 Å². The average Bonchev–Trinajstić information content (AvgIpc) is 2.45. The van der Waals surface area contributed by atoms with E-state index in [9.17, 15) is 9.59 Å². The summed E-state index contributed by atoms with van der Waals surface area (Å²) in [4.78, 5) is 24.3. The van der Waals surface area contributed by atoms with E-state index in [0.717, 1.165) is 0 Å². The molecule has 112 valence electrons. The first kappa shape index (κ1) is 18.7. The number of nitrogens with two attached hydrogens (primary N) is 2. The molecule has 0 aliphatic carbocycles. The Kier molecular flexibility index (Phi) is 10.8. The molecule has 0 saturated heterocycles. The smallest absolute Gasteiger partial charge is 0.321 e. The van der Waals surface area contributed by atoms with Crippen LogP contribution in [0.15, 0.2) is 30.6 Å². The molecule has 0 aliphatic heterocycles. The Morgan fingerprint density at radius 3 is 1.55 bits per heavy atom. The normalized spacial score (nSPS) is 12.7. The van der Waals surface area contributed by atoms with Crippen LogP contribution in [0.5, 0.6) is 0 Å². The van der Waals surface area contributed by atoms with Gasteiger partial charge in [-0.15, -0.1) is 0 Å². The lowest BCUT2D eigenvalue weighted by molar-refractivity contribution is -0.138. The van der Waals surface area contributed by atoms with Crippen molar-refractivity contribution in [3.63, 3.8) is 0 Å². The number of carbonyl (C=O) groups is 2. The van der Waals surface area contributed by atoms with Gasteiger partial charge in [0.15, 0.2) is 0 Å². The molecule has 0 bridgehead atoms. The second kappa shape index (κ2) is 11.5. The van der Waals surface area contributed by atoms with Gasteiger partial charge in [0, 0.05) is 23.9 Å². The summed E-state index contributed by atoms with van der Waals surface area (Å²) in [5.74, 6) is -1.68. The predicted octanol–water partition coefficient (Wildman–Crippen LogP) is 0.273. The molecule has 0 aliphatic rings. The fraction of sp³-hybridized carbons (Fsp3) is 0.364. The van der Waals surface area contributed by atoms with Crippen LogP contribution in [0.2, 0.25) is 0 Å². The molecule has 2 atom stereocenters. The topological polar surface area (TPSA) is 140 Å². The molecule has 0 saturated carbocycles. The van der Waals surface area contributed by atoms with E-state index in [1.54, 1.807) is 12.4 Å². The Morgan fingerprint density at radius 2 is 1.35 bits per heavy atom. The van der Waals surface area contributed by atoms with Crippen molar-refractivity contribution in [3.05, 3.63) is 30.6 Å². The Bertz CT molecular complexity index is 346. The number of hydrogen-bond donors (Lipinski definition) is 4. The molecule has 0 radical (unpaired) electrons. The standard InChI is InChI=1S/C6H12N2O4S2.C5H5N/c7-3(5(9)10)1-13-14-2-4(8)6(11)12;1-2-4-6-5-3-1/h3-4H,1-2,7-8H2,(H,9,10)(H,11,12);1-5H. The van der Waals surface area contributed by atoms with Gasteiger partial charge in [-0.3, -0.25) is 14.6 Å². The third kappa shape index (κ3) is 10.6. The molecular formula is C11H17N3O4S2. The summed E-state index contributed by atoms with van der Waals surface area (Å²) in [6.45, 7) is 0. The molecule has 1 aromatic heterocycles. The molecule has 20 heavy (non-hydrogen) atoms. The van der Waals surface area contributed by atoms with Crippen molar-refractivity contribution < 1.29 is 19.8 Å². The van der Waals surface area contributed by atoms with E-state index in [1.165, 1.54) is 21.6 Å². The van der Waals surface area contributed by atoms with Crippen LogP contribution in [-0.4, -0.2) is 50.7 Å². The van der Waals surface area contributed by atoms with E-state index in [4.69, 9.17) is 21.7 Å². The van der Waals surface area contributed by atoms with Gasteiger partial charge in [0.25, 0.3) is 0 Å². The summed E-state index contributed by atoms with van der Waals surface area (Å²) >= 11 is 0. The highest BCUT2D eigenvalue weighted by atomic mass is 33.1. The lowest BCUT2D eigenvalue weighted by atomic mass is 10.4. The number of pyridine rings is 1. The minimum Gasteiger partial charge on any atom is -0.480 e. The molecule has 9 heteroatoms. The molecule has 0 aromatic carbocycles. The van der Waals surface area contributed by atoms with Crippen LogP contribution >= 0.6 is 21.6 Å². The Labute approximate surface area is 124 Å². The predicted molar refractivity (Wildman–Crippen MR) is 80.4 cm³/mol. The zero-order valence-electron chi connectivity index (χ0n) is 10.6. The summed E-state index contributed by atoms with van der Waals surface area (Å²) in [6.07, 6.45) is 3.50. The number of rotatable bonds is 7. The quantitative estimate of drug-likeness (QED) is 0.412. The maximum absolute atomic E-state index is 10.3. The van der Waals surface area contributed by atoms with Crippen LogP contribution in [0.25, 0.3) is 0 Å². The fourth-order valence-electron chi connectivity index (χ4n) is 0.698. The monoisotopic (exact) mass is 319 g/mol. The lowest BCUT2D eigenvalue weighted by Gasteiger charge is -2.07. The molecule has 0 amide bonds. The van der Waals surface area contributed by atoms with Crippen molar-refractivity contribution in [1.29, 1.82) is 0 Å². The van der Waals surface area contributed by atoms with Crippen molar-refractivity contribution in [2.75, 3.05) is 11.5 Å². The molecule has 1 rings (SSSR count). The number of carboxylic acids is 2. The summed E-state index contributed by atoms with van der Waals surface area (Å²) in [7, 11) is 2.41. The van der Waals surface area contributed by atoms with E-state index >= 15 is 0 Å². The molecule has 6 N–H and O–H groups in total. The molecule has 2 unspecified atom stereocenters. The van der Waals surface area contributed by atoms with Crippen LogP contribution in [0.1, 0.15) is 0 Å². The fourth-order valence-corrected chi connectivity index (χ4v) is 2.93. The first-order valence-corrected chi connectivity index (χ1v) is 8.00. The van der Waals surface area contributed by atoms with Gasteiger partial charge in [0.2, 0.25) is 0 Å². The maximum atomic E-state index is 10.3. The van der Waals surface area contributed by atoms with E-state index in [1.807, 2.05) is 18.2 Å². The number of aliphatic carboxylic acids is 2. The van der Waals surface area contributed by atoms with E-state index in [0.29, 0.717) is 0 Å². The van der Waals surface area contributed by atoms with Crippen molar-refractivity contribution in [1.82, 2.24) is 4.98 Å². The Morgan fingerprint density at radius 1 is 0.950 bits per heavy atom. The maximum Gasteiger partial charge on any atom is 0.321 e. The van der Waals surface area contributed by atoms with Crippen molar-refractivity contribution in [2.24, 2.45) is 11.5 Å². The van der Waals surface area contributed by atoms with Crippen molar-refractivity contribution in [3.8, 4) is 0 Å². The van der Waals surface area contributed by atoms with Gasteiger partial charge in [-0.2, -0.15) is 0 Å². The van der Waals surface area contributed by atoms with Crippen LogP contribution in [0.3, 0.4) is 0 Å². The van der Waals surface area contributed by atoms with E-state index in [2.05, 4.69) is 4.98 Å². The number of nitrogens with zero attached hydrogens (tertiary/aromatic N) is 1. The molecule has 0 spiro atoms. The Balaban J connectivity index is 0.000000493. The molecule has 1 heterocycles. The summed E-state index contributed by atoms with van der Waals surface area (Å²) in [6, 6.07) is 3.87. The van der Waals surface area contributed by atoms with Gasteiger partial charge in [-0.05, 0) is 12.1 Å². The van der Waals surface area contributed by atoms with Gasteiger partial charge >= 0.3 is 11.9 Å². The third-order valence-electron chi connectivity index (χ3n) is 1.78. The number of carboxylic acid groups (broad SMARTS) is 2. The number of hydrogen-bond acceptors (Lipinski definition) is 7. The highest BCUT2D eigenvalue weighted by molar-refractivity contribution is 8.76. The van der Waals surface area contributed by atoms with Crippen molar-refractivity contribution in [2.45, 2.75) is 12.1 Å². The lowest BCUT2D eigenvalue weighted by Crippen LogP contribution is -2.33. The molecular weight excluding hydrogens is 302 g/mol. The summed E-state index contributed by atoms with van der Waals surface area (Å²) < 4.78 is 0. The van der Waals surface area contributed by atoms with Gasteiger partial charge in [0.1, 0.15) is 12.1 Å². The minimum atomic E-state index is -1.07. The SMILES string of the molecule is NC(CSSCC(N)C(=O)O)C(=O)O.c1ccncc1.